The number of carbonyl (C=O) groups excluding carboxylic acids is 2. The van der Waals surface area contributed by atoms with Gasteiger partial charge in [-0.15, -0.1) is 0 Å². The third-order valence-electron chi connectivity index (χ3n) is 3.84. The number of likely N-dealkylation sites (N-methyl/N-ethyl adjacent to an activating group) is 1. The van der Waals surface area contributed by atoms with Gasteiger partial charge >= 0.3 is 6.03 Å². The quantitative estimate of drug-likeness (QED) is 0.720. The molecule has 0 spiro atoms. The molecule has 0 bridgehead atoms. The molecule has 0 aliphatic heterocycles. The first-order valence-electron chi connectivity index (χ1n) is 7.60. The molecule has 0 aliphatic rings. The normalized spacial score (nSPS) is 13.2. The molecule has 1 aromatic carbocycles. The number of benzene rings is 1. The second kappa shape index (κ2) is 8.12. The summed E-state index contributed by atoms with van der Waals surface area (Å²) in [6.07, 6.45) is 0. The molecule has 1 unspecified atom stereocenters. The smallest absolute Gasteiger partial charge is 0.321 e. The standard InChI is InChI=1S/C17H20BrN3O3/c1-11(16(22)20-17(23)19-2)21(3)10-14-8-9-15(24-14)12-4-6-13(18)7-5-12/h4-9,11H,10H2,1-3H3,(H2,19,20,22,23)/p+1/t11-/m1/s1. The minimum absolute atomic E-state index is 0.327. The summed E-state index contributed by atoms with van der Waals surface area (Å²) in [5, 5.41) is 4.65. The number of carbonyl (C=O) groups is 2. The van der Waals surface area contributed by atoms with Gasteiger partial charge in [-0.3, -0.25) is 10.1 Å². The molecule has 0 aliphatic carbocycles. The Morgan fingerprint density at radius 1 is 1.21 bits per heavy atom. The Morgan fingerprint density at radius 3 is 2.50 bits per heavy atom. The van der Waals surface area contributed by atoms with E-state index in [0.29, 0.717) is 6.54 Å². The molecule has 2 aromatic rings. The molecule has 0 saturated heterocycles. The van der Waals surface area contributed by atoms with Crippen LogP contribution in [0.2, 0.25) is 0 Å². The van der Waals surface area contributed by atoms with Crippen molar-refractivity contribution >= 4 is 27.9 Å². The van der Waals surface area contributed by atoms with Crippen molar-refractivity contribution in [1.29, 1.82) is 0 Å². The topological polar surface area (TPSA) is 75.8 Å². The van der Waals surface area contributed by atoms with Crippen LogP contribution in [0.4, 0.5) is 4.79 Å². The highest BCUT2D eigenvalue weighted by Gasteiger charge is 2.24. The van der Waals surface area contributed by atoms with Crippen LogP contribution >= 0.6 is 15.9 Å². The van der Waals surface area contributed by atoms with Gasteiger partial charge in [-0.05, 0) is 31.2 Å². The first kappa shape index (κ1) is 18.2. The van der Waals surface area contributed by atoms with Gasteiger partial charge in [0.25, 0.3) is 5.91 Å². The van der Waals surface area contributed by atoms with E-state index in [4.69, 9.17) is 4.42 Å². The summed E-state index contributed by atoms with van der Waals surface area (Å²) in [6, 6.07) is 10.8. The predicted octanol–water partition coefficient (Wildman–Crippen LogP) is 1.57. The van der Waals surface area contributed by atoms with Crippen LogP contribution in [0.3, 0.4) is 0 Å². The Balaban J connectivity index is 1.99. The molecule has 0 saturated carbocycles. The van der Waals surface area contributed by atoms with Crippen molar-refractivity contribution in [3.63, 3.8) is 0 Å². The Labute approximate surface area is 149 Å². The van der Waals surface area contributed by atoms with Gasteiger partial charge < -0.3 is 14.6 Å². The molecular weight excluding hydrogens is 374 g/mol. The van der Waals surface area contributed by atoms with E-state index in [9.17, 15) is 9.59 Å². The molecule has 24 heavy (non-hydrogen) atoms. The van der Waals surface area contributed by atoms with Crippen molar-refractivity contribution in [1.82, 2.24) is 10.6 Å². The minimum atomic E-state index is -0.504. The first-order valence-corrected chi connectivity index (χ1v) is 8.39. The number of rotatable bonds is 5. The Bertz CT molecular complexity index is 712. The van der Waals surface area contributed by atoms with Crippen LogP contribution in [-0.4, -0.2) is 32.1 Å². The Kier molecular flexibility index (Phi) is 6.16. The highest BCUT2D eigenvalue weighted by Crippen LogP contribution is 2.23. The van der Waals surface area contributed by atoms with Gasteiger partial charge in [0.05, 0.1) is 7.05 Å². The lowest BCUT2D eigenvalue weighted by molar-refractivity contribution is -0.909. The molecule has 0 fully saturated rings. The highest BCUT2D eigenvalue weighted by molar-refractivity contribution is 9.10. The molecule has 1 aromatic heterocycles. The van der Waals surface area contributed by atoms with Crippen LogP contribution in [0.5, 0.6) is 0 Å². The zero-order chi connectivity index (χ0) is 17.7. The molecule has 6 nitrogen and oxygen atoms in total. The maximum atomic E-state index is 12.0. The fourth-order valence-electron chi connectivity index (χ4n) is 2.18. The Morgan fingerprint density at radius 2 is 1.88 bits per heavy atom. The van der Waals surface area contributed by atoms with Gasteiger partial charge in [0.2, 0.25) is 0 Å². The van der Waals surface area contributed by atoms with E-state index in [1.165, 1.54) is 7.05 Å². The summed E-state index contributed by atoms with van der Waals surface area (Å²) in [7, 11) is 3.35. The van der Waals surface area contributed by atoms with E-state index >= 15 is 0 Å². The van der Waals surface area contributed by atoms with E-state index in [2.05, 4.69) is 26.6 Å². The molecular formula is C17H21BrN3O3+. The molecule has 2 atom stereocenters. The molecule has 1 heterocycles. The lowest BCUT2D eigenvalue weighted by Gasteiger charge is -2.19. The predicted molar refractivity (Wildman–Crippen MR) is 94.5 cm³/mol. The number of hydrogen-bond donors (Lipinski definition) is 3. The maximum absolute atomic E-state index is 12.0. The number of quaternary nitrogens is 1. The van der Waals surface area contributed by atoms with Crippen LogP contribution in [0.15, 0.2) is 45.3 Å². The second-order valence-corrected chi connectivity index (χ2v) is 6.50. The average Bonchev–Trinajstić information content (AvgIpc) is 3.02. The van der Waals surface area contributed by atoms with Crippen molar-refractivity contribution in [2.75, 3.05) is 14.1 Å². The summed E-state index contributed by atoms with van der Waals surface area (Å²) in [5.41, 5.74) is 0.993. The van der Waals surface area contributed by atoms with E-state index in [1.54, 1.807) is 6.92 Å². The third-order valence-corrected chi connectivity index (χ3v) is 4.37. The van der Waals surface area contributed by atoms with Crippen LogP contribution in [0.1, 0.15) is 12.7 Å². The van der Waals surface area contributed by atoms with Crippen molar-refractivity contribution in [2.24, 2.45) is 0 Å². The molecule has 3 amide bonds. The largest absolute Gasteiger partial charge is 0.455 e. The number of imide groups is 1. The lowest BCUT2D eigenvalue weighted by atomic mass is 10.2. The summed E-state index contributed by atoms with van der Waals surface area (Å²) in [6.45, 7) is 2.31. The fraction of sp³-hybridized carbons (Fsp3) is 0.294. The van der Waals surface area contributed by atoms with Crippen molar-refractivity contribution in [3.05, 3.63) is 46.6 Å². The van der Waals surface area contributed by atoms with Crippen LogP contribution in [0.25, 0.3) is 11.3 Å². The van der Waals surface area contributed by atoms with Crippen molar-refractivity contribution in [2.45, 2.75) is 19.5 Å². The third kappa shape index (κ3) is 4.69. The molecule has 2 rings (SSSR count). The van der Waals surface area contributed by atoms with Gasteiger partial charge in [-0.25, -0.2) is 4.79 Å². The van der Waals surface area contributed by atoms with E-state index in [-0.39, 0.29) is 11.9 Å². The van der Waals surface area contributed by atoms with Crippen LogP contribution < -0.4 is 15.5 Å². The van der Waals surface area contributed by atoms with Gasteiger partial charge in [0, 0.05) is 17.1 Å². The number of nitrogens with one attached hydrogen (secondary N) is 3. The van der Waals surface area contributed by atoms with Crippen LogP contribution in [-0.2, 0) is 11.3 Å². The van der Waals surface area contributed by atoms with Gasteiger partial charge in [0.1, 0.15) is 12.3 Å². The summed E-state index contributed by atoms with van der Waals surface area (Å²) < 4.78 is 6.88. The van der Waals surface area contributed by atoms with E-state index < -0.39 is 6.03 Å². The van der Waals surface area contributed by atoms with Crippen LogP contribution in [0, 0.1) is 0 Å². The number of urea groups is 1. The molecule has 3 N–H and O–H groups in total. The SMILES string of the molecule is CNC(=O)NC(=O)[C@@H](C)[NH+](C)Cc1ccc(-c2ccc(Br)cc2)o1. The number of halogens is 1. The zero-order valence-electron chi connectivity index (χ0n) is 13.9. The average molecular weight is 395 g/mol. The van der Waals surface area contributed by atoms with Crippen molar-refractivity contribution < 1.29 is 18.9 Å². The fourth-order valence-corrected chi connectivity index (χ4v) is 2.44. The number of furan rings is 1. The van der Waals surface area contributed by atoms with Gasteiger partial charge in [-0.2, -0.15) is 0 Å². The van der Waals surface area contributed by atoms with E-state index in [1.807, 2.05) is 43.4 Å². The molecule has 128 valence electrons. The van der Waals surface area contributed by atoms with Gasteiger partial charge in [0.15, 0.2) is 11.8 Å². The van der Waals surface area contributed by atoms with Crippen molar-refractivity contribution in [3.8, 4) is 11.3 Å². The lowest BCUT2D eigenvalue weighted by Crippen LogP contribution is -3.12. The molecule has 7 heteroatoms. The summed E-state index contributed by atoms with van der Waals surface area (Å²) >= 11 is 3.41. The highest BCUT2D eigenvalue weighted by atomic mass is 79.9. The number of amides is 3. The van der Waals surface area contributed by atoms with Gasteiger partial charge in [-0.1, -0.05) is 28.1 Å². The Hall–Kier alpha value is -2.12. The molecule has 0 radical (unpaired) electrons. The van der Waals surface area contributed by atoms with E-state index in [0.717, 1.165) is 26.5 Å². The monoisotopic (exact) mass is 394 g/mol. The first-order chi connectivity index (χ1) is 11.4. The second-order valence-electron chi connectivity index (χ2n) is 5.59. The summed E-state index contributed by atoms with van der Waals surface area (Å²) in [5.74, 6) is 1.24. The minimum Gasteiger partial charge on any atom is -0.455 e. The zero-order valence-corrected chi connectivity index (χ0v) is 15.4. The number of hydrogen-bond acceptors (Lipinski definition) is 3. The maximum Gasteiger partial charge on any atom is 0.321 e. The summed E-state index contributed by atoms with van der Waals surface area (Å²) in [4.78, 5) is 24.1.